The van der Waals surface area contributed by atoms with E-state index in [0.29, 0.717) is 23.7 Å². The third kappa shape index (κ3) is 3.51. The Labute approximate surface area is 129 Å². The van der Waals surface area contributed by atoms with Crippen LogP contribution in [0.4, 0.5) is 0 Å². The van der Waals surface area contributed by atoms with Gasteiger partial charge in [0, 0.05) is 29.8 Å². The normalized spacial score (nSPS) is 21.6. The van der Waals surface area contributed by atoms with Crippen LogP contribution in [0.1, 0.15) is 31.6 Å². The van der Waals surface area contributed by atoms with Gasteiger partial charge in [-0.2, -0.15) is 4.98 Å². The van der Waals surface area contributed by atoms with Gasteiger partial charge in [0.05, 0.1) is 7.11 Å². The van der Waals surface area contributed by atoms with Crippen LogP contribution in [-0.4, -0.2) is 34.8 Å². The predicted octanol–water partition coefficient (Wildman–Crippen LogP) is 2.42. The van der Waals surface area contributed by atoms with Crippen molar-refractivity contribution in [3.05, 3.63) is 24.2 Å². The number of rotatable bonds is 3. The third-order valence-corrected chi connectivity index (χ3v) is 3.62. The van der Waals surface area contributed by atoms with Crippen LogP contribution < -0.4 is 10.1 Å². The number of piperidine rings is 1. The standard InChI is InChI=1S/C14H18N4O2.ClH/c1-9-7-10(5-6-15-9)14-17-13(18-20-14)11-3-4-12(19-2)16-8-11;/h3-4,8-10,15H,5-7H2,1-2H3;1H/t9-,10-;/m0./s1. The van der Waals surface area contributed by atoms with Gasteiger partial charge in [0.25, 0.3) is 0 Å². The minimum Gasteiger partial charge on any atom is -0.481 e. The SMILES string of the molecule is COc1ccc(-c2noc([C@H]3CCN[C@@H](C)C3)n2)cn1.Cl. The molecular formula is C14H19ClN4O2. The second-order valence-electron chi connectivity index (χ2n) is 5.12. The molecule has 0 aromatic carbocycles. The molecule has 1 fully saturated rings. The molecule has 2 aromatic heterocycles. The molecule has 114 valence electrons. The van der Waals surface area contributed by atoms with Crippen LogP contribution in [-0.2, 0) is 0 Å². The molecule has 0 saturated carbocycles. The van der Waals surface area contributed by atoms with Gasteiger partial charge in [-0.15, -0.1) is 12.4 Å². The molecule has 0 amide bonds. The summed E-state index contributed by atoms with van der Waals surface area (Å²) in [6.07, 6.45) is 3.76. The van der Waals surface area contributed by atoms with Crippen molar-refractivity contribution < 1.29 is 9.26 Å². The zero-order valence-electron chi connectivity index (χ0n) is 12.1. The van der Waals surface area contributed by atoms with Gasteiger partial charge in [-0.05, 0) is 32.4 Å². The highest BCUT2D eigenvalue weighted by Crippen LogP contribution is 2.28. The number of ether oxygens (including phenoxy) is 1. The smallest absolute Gasteiger partial charge is 0.230 e. The van der Waals surface area contributed by atoms with Crippen molar-refractivity contribution in [2.75, 3.05) is 13.7 Å². The van der Waals surface area contributed by atoms with Crippen molar-refractivity contribution in [2.45, 2.75) is 31.7 Å². The molecule has 0 radical (unpaired) electrons. The van der Waals surface area contributed by atoms with E-state index in [-0.39, 0.29) is 12.4 Å². The largest absolute Gasteiger partial charge is 0.481 e. The average Bonchev–Trinajstić information content (AvgIpc) is 2.97. The Morgan fingerprint density at radius 1 is 1.38 bits per heavy atom. The van der Waals surface area contributed by atoms with E-state index < -0.39 is 0 Å². The Bertz CT molecular complexity index is 573. The second kappa shape index (κ2) is 6.87. The van der Waals surface area contributed by atoms with E-state index in [2.05, 4.69) is 27.4 Å². The predicted molar refractivity (Wildman–Crippen MR) is 80.8 cm³/mol. The summed E-state index contributed by atoms with van der Waals surface area (Å²) in [6, 6.07) is 4.16. The first kappa shape index (κ1) is 15.7. The molecule has 0 bridgehead atoms. The quantitative estimate of drug-likeness (QED) is 0.938. The number of halogens is 1. The molecule has 0 aliphatic carbocycles. The maximum absolute atomic E-state index is 5.42. The lowest BCUT2D eigenvalue weighted by Crippen LogP contribution is -2.34. The van der Waals surface area contributed by atoms with E-state index in [1.54, 1.807) is 19.4 Å². The maximum atomic E-state index is 5.42. The molecule has 1 aliphatic heterocycles. The van der Waals surface area contributed by atoms with Crippen LogP contribution in [0.2, 0.25) is 0 Å². The van der Waals surface area contributed by atoms with Gasteiger partial charge in [0.15, 0.2) is 0 Å². The van der Waals surface area contributed by atoms with E-state index in [1.807, 2.05) is 6.07 Å². The van der Waals surface area contributed by atoms with Crippen molar-refractivity contribution in [1.29, 1.82) is 0 Å². The van der Waals surface area contributed by atoms with Gasteiger partial charge in [0.2, 0.25) is 17.6 Å². The Morgan fingerprint density at radius 2 is 2.24 bits per heavy atom. The molecule has 1 saturated heterocycles. The molecule has 2 atom stereocenters. The van der Waals surface area contributed by atoms with Crippen LogP contribution in [0.5, 0.6) is 5.88 Å². The highest BCUT2D eigenvalue weighted by molar-refractivity contribution is 5.85. The average molecular weight is 311 g/mol. The van der Waals surface area contributed by atoms with Gasteiger partial charge < -0.3 is 14.6 Å². The molecule has 1 N–H and O–H groups in total. The highest BCUT2D eigenvalue weighted by Gasteiger charge is 2.25. The molecule has 3 heterocycles. The van der Waals surface area contributed by atoms with Crippen molar-refractivity contribution in [2.24, 2.45) is 0 Å². The first-order chi connectivity index (χ1) is 9.76. The summed E-state index contributed by atoms with van der Waals surface area (Å²) in [5.41, 5.74) is 0.836. The fourth-order valence-corrected chi connectivity index (χ4v) is 2.51. The van der Waals surface area contributed by atoms with Crippen LogP contribution in [0.25, 0.3) is 11.4 Å². The molecular weight excluding hydrogens is 292 g/mol. The van der Waals surface area contributed by atoms with E-state index in [9.17, 15) is 0 Å². The van der Waals surface area contributed by atoms with E-state index in [1.165, 1.54) is 0 Å². The molecule has 21 heavy (non-hydrogen) atoms. The number of methoxy groups -OCH3 is 1. The zero-order valence-corrected chi connectivity index (χ0v) is 12.9. The maximum Gasteiger partial charge on any atom is 0.230 e. The zero-order chi connectivity index (χ0) is 13.9. The van der Waals surface area contributed by atoms with Crippen molar-refractivity contribution in [3.8, 4) is 17.3 Å². The third-order valence-electron chi connectivity index (χ3n) is 3.62. The van der Waals surface area contributed by atoms with Crippen molar-refractivity contribution in [1.82, 2.24) is 20.4 Å². The van der Waals surface area contributed by atoms with Crippen LogP contribution in [0.3, 0.4) is 0 Å². The first-order valence-electron chi connectivity index (χ1n) is 6.83. The Balaban J connectivity index is 0.00000161. The minimum absolute atomic E-state index is 0. The van der Waals surface area contributed by atoms with Gasteiger partial charge in [-0.3, -0.25) is 0 Å². The molecule has 2 aromatic rings. The number of nitrogens with one attached hydrogen (secondary N) is 1. The summed E-state index contributed by atoms with van der Waals surface area (Å²) in [5, 5.41) is 7.47. The van der Waals surface area contributed by atoms with Crippen LogP contribution in [0, 0.1) is 0 Å². The number of nitrogens with zero attached hydrogens (tertiary/aromatic N) is 3. The Kier molecular flexibility index (Phi) is 5.14. The molecule has 3 rings (SSSR count). The van der Waals surface area contributed by atoms with Crippen molar-refractivity contribution in [3.63, 3.8) is 0 Å². The van der Waals surface area contributed by atoms with E-state index >= 15 is 0 Å². The Hall–Kier alpha value is -1.66. The number of pyridine rings is 1. The summed E-state index contributed by atoms with van der Waals surface area (Å²) in [5.74, 6) is 2.23. The highest BCUT2D eigenvalue weighted by atomic mass is 35.5. The molecule has 1 aliphatic rings. The first-order valence-corrected chi connectivity index (χ1v) is 6.83. The Morgan fingerprint density at radius 3 is 2.90 bits per heavy atom. The molecule has 7 heteroatoms. The number of hydrogen-bond acceptors (Lipinski definition) is 6. The number of aromatic nitrogens is 3. The van der Waals surface area contributed by atoms with Crippen molar-refractivity contribution >= 4 is 12.4 Å². The summed E-state index contributed by atoms with van der Waals surface area (Å²) in [6.45, 7) is 3.17. The molecule has 0 unspecified atom stereocenters. The molecule has 0 spiro atoms. The van der Waals surface area contributed by atoms with Gasteiger partial charge in [0.1, 0.15) is 0 Å². The fraction of sp³-hybridized carbons (Fsp3) is 0.500. The van der Waals surface area contributed by atoms with Gasteiger partial charge >= 0.3 is 0 Å². The van der Waals surface area contributed by atoms with Gasteiger partial charge in [-0.25, -0.2) is 4.98 Å². The molecule has 6 nitrogen and oxygen atoms in total. The lowest BCUT2D eigenvalue weighted by Gasteiger charge is -2.25. The number of hydrogen-bond donors (Lipinski definition) is 1. The summed E-state index contributed by atoms with van der Waals surface area (Å²) >= 11 is 0. The van der Waals surface area contributed by atoms with Crippen LogP contribution >= 0.6 is 12.4 Å². The lowest BCUT2D eigenvalue weighted by atomic mass is 9.93. The fourth-order valence-electron chi connectivity index (χ4n) is 2.51. The topological polar surface area (TPSA) is 73.1 Å². The van der Waals surface area contributed by atoms with Gasteiger partial charge in [-0.1, -0.05) is 5.16 Å². The summed E-state index contributed by atoms with van der Waals surface area (Å²) in [7, 11) is 1.59. The minimum atomic E-state index is 0. The summed E-state index contributed by atoms with van der Waals surface area (Å²) in [4.78, 5) is 8.66. The lowest BCUT2D eigenvalue weighted by molar-refractivity contribution is 0.295. The van der Waals surface area contributed by atoms with Crippen LogP contribution in [0.15, 0.2) is 22.9 Å². The monoisotopic (exact) mass is 310 g/mol. The second-order valence-corrected chi connectivity index (χ2v) is 5.12. The summed E-state index contributed by atoms with van der Waals surface area (Å²) < 4.78 is 10.5. The van der Waals surface area contributed by atoms with E-state index in [0.717, 1.165) is 30.8 Å². The van der Waals surface area contributed by atoms with E-state index in [4.69, 9.17) is 9.26 Å².